The Morgan fingerprint density at radius 3 is 2.77 bits per heavy atom. The van der Waals surface area contributed by atoms with Gasteiger partial charge in [-0.1, -0.05) is 6.92 Å². The molecule has 1 fully saturated rings. The summed E-state index contributed by atoms with van der Waals surface area (Å²) >= 11 is 0. The smallest absolute Gasteiger partial charge is 0.410 e. The summed E-state index contributed by atoms with van der Waals surface area (Å²) < 4.78 is 7.67. The average Bonchev–Trinajstić information content (AvgIpc) is 3.20. The number of hydrogen-bond acceptors (Lipinski definition) is 4. The number of hydrogen-bond donors (Lipinski definition) is 1. The van der Waals surface area contributed by atoms with Crippen LogP contribution in [0, 0.1) is 5.92 Å². The van der Waals surface area contributed by atoms with Gasteiger partial charge < -0.3 is 24.4 Å². The molecule has 1 amide bonds. The van der Waals surface area contributed by atoms with Crippen LogP contribution in [0.25, 0.3) is 0 Å². The molecule has 1 saturated heterocycles. The molecule has 1 aliphatic heterocycles. The van der Waals surface area contributed by atoms with Gasteiger partial charge in [-0.15, -0.1) is 0 Å². The zero-order valence-corrected chi connectivity index (χ0v) is 19.8. The quantitative estimate of drug-likeness (QED) is 0.564. The van der Waals surface area contributed by atoms with Crippen molar-refractivity contribution in [2.45, 2.75) is 72.1 Å². The molecule has 2 rings (SSSR count). The maximum absolute atomic E-state index is 12.3. The summed E-state index contributed by atoms with van der Waals surface area (Å²) in [5, 5.41) is 3.44. The van der Waals surface area contributed by atoms with Crippen LogP contribution in [0.15, 0.2) is 23.7 Å². The number of nitrogens with zero attached hydrogens (tertiary/aromatic N) is 5. The summed E-state index contributed by atoms with van der Waals surface area (Å²) in [5.41, 5.74) is -0.487. The van der Waals surface area contributed by atoms with Crippen molar-refractivity contribution in [1.29, 1.82) is 0 Å². The van der Waals surface area contributed by atoms with Crippen LogP contribution in [0.5, 0.6) is 0 Å². The molecule has 2 heterocycles. The number of likely N-dealkylation sites (tertiary alicyclic amines) is 1. The SMILES string of the molecule is CCNC(=NCCC(C)N(C)C(=O)OC(C)(C)C)N1CCC(C)C(n2ccnc2)C1. The van der Waals surface area contributed by atoms with E-state index in [1.54, 1.807) is 11.9 Å². The molecule has 1 aromatic heterocycles. The molecule has 1 aromatic rings. The van der Waals surface area contributed by atoms with Gasteiger partial charge in [0.25, 0.3) is 0 Å². The molecule has 0 aliphatic carbocycles. The lowest BCUT2D eigenvalue weighted by Crippen LogP contribution is -2.49. The first-order valence-electron chi connectivity index (χ1n) is 11.1. The monoisotopic (exact) mass is 420 g/mol. The van der Waals surface area contributed by atoms with Crippen LogP contribution >= 0.6 is 0 Å². The number of carbonyl (C=O) groups excluding carboxylic acids is 1. The highest BCUT2D eigenvalue weighted by molar-refractivity contribution is 5.80. The minimum Gasteiger partial charge on any atom is -0.444 e. The highest BCUT2D eigenvalue weighted by Gasteiger charge is 2.29. The van der Waals surface area contributed by atoms with Gasteiger partial charge in [0, 0.05) is 51.7 Å². The van der Waals surface area contributed by atoms with Crippen molar-refractivity contribution in [2.24, 2.45) is 10.9 Å². The summed E-state index contributed by atoms with van der Waals surface area (Å²) in [7, 11) is 1.79. The van der Waals surface area contributed by atoms with Gasteiger partial charge in [0.2, 0.25) is 0 Å². The van der Waals surface area contributed by atoms with E-state index in [0.29, 0.717) is 18.5 Å². The third-order valence-electron chi connectivity index (χ3n) is 5.61. The van der Waals surface area contributed by atoms with E-state index in [4.69, 9.17) is 9.73 Å². The van der Waals surface area contributed by atoms with Crippen LogP contribution in [0.2, 0.25) is 0 Å². The van der Waals surface area contributed by atoms with E-state index in [9.17, 15) is 4.79 Å². The Balaban J connectivity index is 1.96. The molecule has 0 saturated carbocycles. The van der Waals surface area contributed by atoms with E-state index in [1.165, 1.54) is 0 Å². The van der Waals surface area contributed by atoms with Crippen molar-refractivity contribution in [3.8, 4) is 0 Å². The Hall–Kier alpha value is -2.25. The van der Waals surface area contributed by atoms with Gasteiger partial charge in [-0.25, -0.2) is 9.78 Å². The summed E-state index contributed by atoms with van der Waals surface area (Å²) in [6.07, 6.45) is 7.39. The number of rotatable bonds is 6. The highest BCUT2D eigenvalue weighted by atomic mass is 16.6. The Labute approximate surface area is 181 Å². The largest absolute Gasteiger partial charge is 0.444 e. The number of carbonyl (C=O) groups is 1. The first kappa shape index (κ1) is 24.0. The van der Waals surface area contributed by atoms with Crippen molar-refractivity contribution in [3.63, 3.8) is 0 Å². The molecular weight excluding hydrogens is 380 g/mol. The average molecular weight is 421 g/mol. The minimum absolute atomic E-state index is 0.0477. The molecule has 1 aliphatic rings. The Kier molecular flexibility index (Phi) is 8.55. The molecule has 3 atom stereocenters. The van der Waals surface area contributed by atoms with Gasteiger partial charge in [0.05, 0.1) is 12.4 Å². The van der Waals surface area contributed by atoms with Crippen molar-refractivity contribution in [1.82, 2.24) is 24.7 Å². The maximum atomic E-state index is 12.3. The van der Waals surface area contributed by atoms with Crippen LogP contribution in [-0.4, -0.2) is 76.3 Å². The molecular formula is C22H40N6O2. The topological polar surface area (TPSA) is 75.0 Å². The minimum atomic E-state index is -0.487. The highest BCUT2D eigenvalue weighted by Crippen LogP contribution is 2.27. The lowest BCUT2D eigenvalue weighted by Gasteiger charge is -2.39. The number of aromatic nitrogens is 2. The Morgan fingerprint density at radius 1 is 1.43 bits per heavy atom. The third kappa shape index (κ3) is 6.92. The molecule has 0 radical (unpaired) electrons. The number of guanidine groups is 1. The van der Waals surface area contributed by atoms with Crippen molar-refractivity contribution < 1.29 is 9.53 Å². The van der Waals surface area contributed by atoms with E-state index in [2.05, 4.69) is 33.6 Å². The molecule has 3 unspecified atom stereocenters. The number of piperidine rings is 1. The maximum Gasteiger partial charge on any atom is 0.410 e. The third-order valence-corrected chi connectivity index (χ3v) is 5.61. The molecule has 8 heteroatoms. The second-order valence-electron chi connectivity index (χ2n) is 9.25. The molecule has 170 valence electrons. The van der Waals surface area contributed by atoms with Gasteiger partial charge in [0.15, 0.2) is 5.96 Å². The van der Waals surface area contributed by atoms with Crippen LogP contribution in [0.1, 0.15) is 60.4 Å². The number of imidazole rings is 1. The van der Waals surface area contributed by atoms with Crippen LogP contribution in [0.3, 0.4) is 0 Å². The van der Waals surface area contributed by atoms with Gasteiger partial charge in [0.1, 0.15) is 5.60 Å². The summed E-state index contributed by atoms with van der Waals surface area (Å²) in [6.45, 7) is 15.5. The first-order valence-corrected chi connectivity index (χ1v) is 11.1. The Bertz CT molecular complexity index is 682. The van der Waals surface area contributed by atoms with E-state index in [0.717, 1.165) is 38.4 Å². The molecule has 30 heavy (non-hydrogen) atoms. The molecule has 0 bridgehead atoms. The summed E-state index contributed by atoms with van der Waals surface area (Å²) in [5.74, 6) is 1.54. The fourth-order valence-corrected chi connectivity index (χ4v) is 3.59. The van der Waals surface area contributed by atoms with Crippen molar-refractivity contribution in [3.05, 3.63) is 18.7 Å². The predicted octanol–water partition coefficient (Wildman–Crippen LogP) is 3.38. The van der Waals surface area contributed by atoms with Gasteiger partial charge in [-0.05, 0) is 53.4 Å². The van der Waals surface area contributed by atoms with E-state index in [1.807, 2.05) is 46.4 Å². The first-order chi connectivity index (χ1) is 14.1. The summed E-state index contributed by atoms with van der Waals surface area (Å²) in [6, 6.07) is 0.439. The van der Waals surface area contributed by atoms with Crippen molar-refractivity contribution in [2.75, 3.05) is 33.2 Å². The summed E-state index contributed by atoms with van der Waals surface area (Å²) in [4.78, 5) is 25.3. The number of nitrogens with one attached hydrogen (secondary N) is 1. The Morgan fingerprint density at radius 2 is 2.17 bits per heavy atom. The molecule has 1 N–H and O–H groups in total. The van der Waals surface area contributed by atoms with Gasteiger partial charge in [-0.3, -0.25) is 4.99 Å². The van der Waals surface area contributed by atoms with Gasteiger partial charge >= 0.3 is 6.09 Å². The molecule has 8 nitrogen and oxygen atoms in total. The second kappa shape index (κ2) is 10.7. The van der Waals surface area contributed by atoms with Crippen LogP contribution in [0.4, 0.5) is 4.79 Å². The lowest BCUT2D eigenvalue weighted by molar-refractivity contribution is 0.0231. The predicted molar refractivity (Wildman–Crippen MR) is 121 cm³/mol. The zero-order valence-electron chi connectivity index (χ0n) is 19.8. The standard InChI is InChI=1S/C22H40N6O2/c1-8-24-20(25-11-9-18(3)26(7)21(29)30-22(4,5)6)27-13-10-17(2)19(15-27)28-14-12-23-16-28/h12,14,16-19H,8-11,13,15H2,1-7H3,(H,24,25). The van der Waals surface area contributed by atoms with E-state index >= 15 is 0 Å². The zero-order chi connectivity index (χ0) is 22.3. The van der Waals surface area contributed by atoms with Crippen LogP contribution in [-0.2, 0) is 4.74 Å². The van der Waals surface area contributed by atoms with E-state index in [-0.39, 0.29) is 12.1 Å². The number of ether oxygens (including phenoxy) is 1. The van der Waals surface area contributed by atoms with Crippen molar-refractivity contribution >= 4 is 12.1 Å². The fourth-order valence-electron chi connectivity index (χ4n) is 3.59. The molecule has 0 aromatic carbocycles. The van der Waals surface area contributed by atoms with Gasteiger partial charge in [-0.2, -0.15) is 0 Å². The van der Waals surface area contributed by atoms with Crippen LogP contribution < -0.4 is 5.32 Å². The molecule has 0 spiro atoms. The van der Waals surface area contributed by atoms with E-state index < -0.39 is 5.60 Å². The second-order valence-corrected chi connectivity index (χ2v) is 9.25. The lowest BCUT2D eigenvalue weighted by atomic mass is 9.93. The fraction of sp³-hybridized carbons (Fsp3) is 0.773. The number of aliphatic imine (C=N–C) groups is 1. The number of amides is 1. The normalized spacial score (nSPS) is 21.3.